The Bertz CT molecular complexity index is 1030. The number of hydrogen-bond donors (Lipinski definition) is 1. The van der Waals surface area contributed by atoms with Gasteiger partial charge in [0.2, 0.25) is 0 Å². The summed E-state index contributed by atoms with van der Waals surface area (Å²) in [6.45, 7) is 2.25. The van der Waals surface area contributed by atoms with Gasteiger partial charge >= 0.3 is 0 Å². The molecule has 2 aromatic carbocycles. The van der Waals surface area contributed by atoms with Gasteiger partial charge in [-0.2, -0.15) is 5.26 Å². The average Bonchev–Trinajstić information content (AvgIpc) is 2.68. The van der Waals surface area contributed by atoms with E-state index in [1.807, 2.05) is 6.92 Å². The number of nitrogens with zero attached hydrogens (tertiary/aromatic N) is 2. The molecule has 2 aromatic rings. The predicted octanol–water partition coefficient (Wildman–Crippen LogP) is 4.96. The lowest BCUT2D eigenvalue weighted by molar-refractivity contribution is -0.383. The van der Waals surface area contributed by atoms with Crippen LogP contribution in [0, 0.1) is 21.4 Å². The van der Waals surface area contributed by atoms with E-state index in [0.29, 0.717) is 28.1 Å². The largest absolute Gasteiger partial charge is 0.493 e. The maximum Gasteiger partial charge on any atom is 0.294 e. The van der Waals surface area contributed by atoms with Gasteiger partial charge in [-0.25, -0.2) is 0 Å². The number of nitro groups is 1. The van der Waals surface area contributed by atoms with Crippen molar-refractivity contribution in [1.82, 2.24) is 0 Å². The summed E-state index contributed by atoms with van der Waals surface area (Å²) in [6.07, 6.45) is 1.33. The van der Waals surface area contributed by atoms with Gasteiger partial charge < -0.3 is 14.8 Å². The summed E-state index contributed by atoms with van der Waals surface area (Å²) in [7, 11) is 1.47. The lowest BCUT2D eigenvalue weighted by atomic mass is 10.1. The highest BCUT2D eigenvalue weighted by molar-refractivity contribution is 9.10. The fraction of sp³-hybridized carbons (Fsp3) is 0.158. The number of methoxy groups -OCH3 is 1. The molecule has 10 heteroatoms. The van der Waals surface area contributed by atoms with E-state index < -0.39 is 10.8 Å². The predicted molar refractivity (Wildman–Crippen MR) is 112 cm³/mol. The van der Waals surface area contributed by atoms with Crippen LogP contribution in [-0.4, -0.2) is 24.5 Å². The molecule has 150 valence electrons. The zero-order valence-electron chi connectivity index (χ0n) is 15.4. The number of benzene rings is 2. The van der Waals surface area contributed by atoms with Crippen molar-refractivity contribution in [2.75, 3.05) is 19.0 Å². The third-order valence-corrected chi connectivity index (χ3v) is 4.45. The standard InChI is InChI=1S/C19H15BrClN3O5/c1-3-29-18-14(20)7-11(8-17(18)28-2)6-12(10-22)19(25)23-15-5-4-13(21)9-16(15)24(26)27/h4-9H,3H2,1-2H3,(H,23,25)/b12-6+. The Hall–Kier alpha value is -3.09. The van der Waals surface area contributed by atoms with Crippen LogP contribution in [0.2, 0.25) is 5.02 Å². The number of rotatable bonds is 7. The van der Waals surface area contributed by atoms with Crippen LogP contribution < -0.4 is 14.8 Å². The van der Waals surface area contributed by atoms with E-state index in [-0.39, 0.29) is 22.0 Å². The maximum absolute atomic E-state index is 12.5. The molecule has 0 aliphatic rings. The molecule has 0 fully saturated rings. The third kappa shape index (κ3) is 5.47. The number of carbonyl (C=O) groups excluding carboxylic acids is 1. The molecule has 1 amide bonds. The zero-order chi connectivity index (χ0) is 21.6. The minimum atomic E-state index is -0.804. The van der Waals surface area contributed by atoms with Crippen molar-refractivity contribution in [2.24, 2.45) is 0 Å². The molecule has 8 nitrogen and oxygen atoms in total. The van der Waals surface area contributed by atoms with Crippen molar-refractivity contribution in [3.63, 3.8) is 0 Å². The van der Waals surface area contributed by atoms with Gasteiger partial charge in [-0.05, 0) is 58.8 Å². The van der Waals surface area contributed by atoms with Crippen LogP contribution in [0.15, 0.2) is 40.4 Å². The smallest absolute Gasteiger partial charge is 0.294 e. The summed E-state index contributed by atoms with van der Waals surface area (Å²) in [4.78, 5) is 23.0. The molecule has 0 atom stereocenters. The van der Waals surface area contributed by atoms with E-state index in [9.17, 15) is 20.2 Å². The van der Waals surface area contributed by atoms with Crippen molar-refractivity contribution in [1.29, 1.82) is 5.26 Å². The molecule has 2 rings (SSSR count). The fourth-order valence-corrected chi connectivity index (χ4v) is 3.11. The third-order valence-electron chi connectivity index (χ3n) is 3.62. The first-order chi connectivity index (χ1) is 13.8. The molecule has 0 saturated heterocycles. The molecular weight excluding hydrogens is 466 g/mol. The minimum Gasteiger partial charge on any atom is -0.493 e. The van der Waals surface area contributed by atoms with Gasteiger partial charge in [-0.1, -0.05) is 11.6 Å². The van der Waals surface area contributed by atoms with E-state index in [1.165, 1.54) is 25.3 Å². The highest BCUT2D eigenvalue weighted by Crippen LogP contribution is 2.37. The average molecular weight is 481 g/mol. The van der Waals surface area contributed by atoms with Crippen molar-refractivity contribution < 1.29 is 19.2 Å². The lowest BCUT2D eigenvalue weighted by Crippen LogP contribution is -2.14. The molecule has 0 radical (unpaired) electrons. The highest BCUT2D eigenvalue weighted by atomic mass is 79.9. The molecule has 0 aromatic heterocycles. The molecule has 1 N–H and O–H groups in total. The van der Waals surface area contributed by atoms with E-state index in [4.69, 9.17) is 21.1 Å². The number of nitrogens with one attached hydrogen (secondary N) is 1. The summed E-state index contributed by atoms with van der Waals surface area (Å²) in [5.74, 6) is 0.104. The monoisotopic (exact) mass is 479 g/mol. The van der Waals surface area contributed by atoms with Crippen LogP contribution in [0.4, 0.5) is 11.4 Å². The highest BCUT2D eigenvalue weighted by Gasteiger charge is 2.19. The summed E-state index contributed by atoms with van der Waals surface area (Å²) in [5, 5.41) is 23.1. The van der Waals surface area contributed by atoms with Gasteiger partial charge in [-0.15, -0.1) is 0 Å². The van der Waals surface area contributed by atoms with E-state index >= 15 is 0 Å². The molecule has 0 aliphatic heterocycles. The second-order valence-electron chi connectivity index (χ2n) is 5.51. The minimum absolute atomic E-state index is 0.0731. The first-order valence-electron chi connectivity index (χ1n) is 8.18. The van der Waals surface area contributed by atoms with Crippen molar-refractivity contribution >= 4 is 50.9 Å². The number of amides is 1. The number of hydrogen-bond acceptors (Lipinski definition) is 6. The Morgan fingerprint density at radius 2 is 2.14 bits per heavy atom. The van der Waals surface area contributed by atoms with E-state index in [2.05, 4.69) is 21.2 Å². The summed E-state index contributed by atoms with van der Waals surface area (Å²) in [6, 6.07) is 8.86. The molecule has 0 saturated carbocycles. The summed E-state index contributed by atoms with van der Waals surface area (Å²) < 4.78 is 11.4. The first-order valence-corrected chi connectivity index (χ1v) is 9.35. The van der Waals surface area contributed by atoms with Crippen LogP contribution in [0.1, 0.15) is 12.5 Å². The van der Waals surface area contributed by atoms with Crippen LogP contribution in [0.3, 0.4) is 0 Å². The summed E-state index contributed by atoms with van der Waals surface area (Å²) in [5.41, 5.74) is -0.216. The van der Waals surface area contributed by atoms with Gasteiger partial charge in [0.15, 0.2) is 11.5 Å². The Morgan fingerprint density at radius 3 is 2.72 bits per heavy atom. The van der Waals surface area contributed by atoms with E-state index in [0.717, 1.165) is 6.07 Å². The van der Waals surface area contributed by atoms with Gasteiger partial charge in [0.1, 0.15) is 17.3 Å². The number of halogens is 2. The Kier molecular flexibility index (Phi) is 7.59. The number of ether oxygens (including phenoxy) is 2. The molecule has 29 heavy (non-hydrogen) atoms. The number of nitriles is 1. The number of anilines is 1. The summed E-state index contributed by atoms with van der Waals surface area (Å²) >= 11 is 9.14. The second kappa shape index (κ2) is 9.91. The van der Waals surface area contributed by atoms with Gasteiger partial charge in [0, 0.05) is 11.1 Å². The van der Waals surface area contributed by atoms with E-state index in [1.54, 1.807) is 18.2 Å². The number of nitro benzene ring substituents is 1. The van der Waals surface area contributed by atoms with Crippen LogP contribution in [0.5, 0.6) is 11.5 Å². The van der Waals surface area contributed by atoms with Crippen LogP contribution in [0.25, 0.3) is 6.08 Å². The zero-order valence-corrected chi connectivity index (χ0v) is 17.7. The molecule has 0 aliphatic carbocycles. The fourth-order valence-electron chi connectivity index (χ4n) is 2.37. The van der Waals surface area contributed by atoms with Crippen LogP contribution in [-0.2, 0) is 4.79 Å². The first kappa shape index (κ1) is 22.2. The van der Waals surface area contributed by atoms with Crippen molar-refractivity contribution in [2.45, 2.75) is 6.92 Å². The number of carbonyl (C=O) groups is 1. The van der Waals surface area contributed by atoms with Crippen molar-refractivity contribution in [3.05, 3.63) is 61.1 Å². The Labute approximate surface area is 180 Å². The maximum atomic E-state index is 12.5. The Balaban J connectivity index is 2.38. The van der Waals surface area contributed by atoms with Gasteiger partial charge in [0.25, 0.3) is 11.6 Å². The quantitative estimate of drug-likeness (QED) is 0.259. The molecule has 0 bridgehead atoms. The van der Waals surface area contributed by atoms with Crippen molar-refractivity contribution in [3.8, 4) is 17.6 Å². The second-order valence-corrected chi connectivity index (χ2v) is 6.80. The normalized spacial score (nSPS) is 10.8. The molecule has 0 spiro atoms. The molecule has 0 unspecified atom stereocenters. The molecule has 0 heterocycles. The van der Waals surface area contributed by atoms with Gasteiger partial charge in [-0.3, -0.25) is 14.9 Å². The van der Waals surface area contributed by atoms with Crippen LogP contribution >= 0.6 is 27.5 Å². The lowest BCUT2D eigenvalue weighted by Gasteiger charge is -2.12. The Morgan fingerprint density at radius 1 is 1.41 bits per heavy atom. The van der Waals surface area contributed by atoms with Gasteiger partial charge in [0.05, 0.1) is 23.1 Å². The molecular formula is C19H15BrClN3O5. The topological polar surface area (TPSA) is 114 Å². The SMILES string of the molecule is CCOc1c(Br)cc(/C=C(\C#N)C(=O)Nc2ccc(Cl)cc2[N+](=O)[O-])cc1OC.